The van der Waals surface area contributed by atoms with Crippen LogP contribution in [0.4, 0.5) is 10.5 Å². The number of rotatable bonds is 7. The molecule has 1 aliphatic carbocycles. The number of carboxylic acid groups (broad SMARTS) is 1. The molecule has 0 radical (unpaired) electrons. The highest BCUT2D eigenvalue weighted by molar-refractivity contribution is 6.01. The molecule has 3 N–H and O–H groups in total. The van der Waals surface area contributed by atoms with E-state index in [0.717, 1.165) is 22.3 Å². The first-order valence-corrected chi connectivity index (χ1v) is 11.0. The number of nitrogens with one attached hydrogen (secondary N) is 2. The van der Waals surface area contributed by atoms with Crippen LogP contribution in [0, 0.1) is 11.8 Å². The molecule has 0 saturated heterocycles. The van der Waals surface area contributed by atoms with Crippen LogP contribution >= 0.6 is 0 Å². The number of nitrogens with zero attached hydrogens (tertiary/aromatic N) is 2. The molecule has 1 aliphatic rings. The summed E-state index contributed by atoms with van der Waals surface area (Å²) >= 11 is 0. The Morgan fingerprint density at radius 2 is 1.74 bits per heavy atom. The van der Waals surface area contributed by atoms with Crippen molar-refractivity contribution in [3.05, 3.63) is 71.5 Å². The highest BCUT2D eigenvalue weighted by atomic mass is 16.5. The van der Waals surface area contributed by atoms with Crippen molar-refractivity contribution in [1.82, 2.24) is 15.1 Å². The van der Waals surface area contributed by atoms with E-state index in [1.54, 1.807) is 6.92 Å². The van der Waals surface area contributed by atoms with Gasteiger partial charge in [-0.2, -0.15) is 5.10 Å². The van der Waals surface area contributed by atoms with Crippen LogP contribution in [-0.2, 0) is 16.6 Å². The molecule has 4 rings (SSSR count). The molecule has 178 valence electrons. The van der Waals surface area contributed by atoms with Gasteiger partial charge < -0.3 is 20.5 Å². The first kappa shape index (κ1) is 23.6. The molecule has 0 fully saturated rings. The lowest BCUT2D eigenvalue weighted by Crippen LogP contribution is -2.44. The third kappa shape index (κ3) is 5.01. The van der Waals surface area contributed by atoms with Crippen LogP contribution in [0.1, 0.15) is 40.9 Å². The van der Waals surface area contributed by atoms with Gasteiger partial charge in [-0.25, -0.2) is 9.59 Å². The summed E-state index contributed by atoms with van der Waals surface area (Å²) < 4.78 is 6.80. The Hall–Kier alpha value is -4.58. The Balaban J connectivity index is 1.44. The molecule has 0 spiro atoms. The molecule has 1 aromatic heterocycles. The smallest absolute Gasteiger partial charge is 0.407 e. The van der Waals surface area contributed by atoms with Gasteiger partial charge >= 0.3 is 12.1 Å². The molecular formula is C26H24N4O5. The number of benzene rings is 2. The maximum Gasteiger partial charge on any atom is 0.407 e. The van der Waals surface area contributed by atoms with Crippen LogP contribution < -0.4 is 10.6 Å². The predicted octanol–water partition coefficient (Wildman–Crippen LogP) is 3.38. The van der Waals surface area contributed by atoms with Crippen molar-refractivity contribution in [2.24, 2.45) is 7.05 Å². The van der Waals surface area contributed by atoms with Gasteiger partial charge in [0.15, 0.2) is 5.69 Å². The fourth-order valence-electron chi connectivity index (χ4n) is 4.15. The Labute approximate surface area is 202 Å². The zero-order valence-corrected chi connectivity index (χ0v) is 19.2. The van der Waals surface area contributed by atoms with Crippen LogP contribution in [0.25, 0.3) is 11.1 Å². The summed E-state index contributed by atoms with van der Waals surface area (Å²) in [6, 6.07) is 14.9. The number of aromatic carboxylic acids is 1. The number of fused-ring (bicyclic) bond motifs is 3. The molecule has 1 heterocycles. The fraction of sp³-hybridized carbons (Fsp3) is 0.231. The van der Waals surface area contributed by atoms with Crippen LogP contribution in [-0.4, -0.2) is 45.5 Å². The molecule has 0 aliphatic heterocycles. The number of ether oxygens (including phenoxy) is 1. The minimum Gasteiger partial charge on any atom is -0.476 e. The van der Waals surface area contributed by atoms with E-state index in [1.807, 2.05) is 48.5 Å². The van der Waals surface area contributed by atoms with Crippen molar-refractivity contribution in [2.45, 2.75) is 25.3 Å². The average molecular weight is 473 g/mol. The van der Waals surface area contributed by atoms with Gasteiger partial charge in [-0.3, -0.25) is 9.48 Å². The van der Waals surface area contributed by atoms with E-state index in [-0.39, 0.29) is 30.3 Å². The number of anilines is 1. The minimum absolute atomic E-state index is 0.0220. The number of amides is 2. The van der Waals surface area contributed by atoms with E-state index in [2.05, 4.69) is 27.6 Å². The summed E-state index contributed by atoms with van der Waals surface area (Å²) in [6.45, 7) is 1.71. The summed E-state index contributed by atoms with van der Waals surface area (Å²) in [4.78, 5) is 36.9. The largest absolute Gasteiger partial charge is 0.476 e. The molecule has 9 heteroatoms. The summed E-state index contributed by atoms with van der Waals surface area (Å²) in [5, 5.41) is 18.2. The second-order valence-electron chi connectivity index (χ2n) is 8.01. The normalized spacial score (nSPS) is 12.5. The highest BCUT2D eigenvalue weighted by Gasteiger charge is 2.30. The van der Waals surface area contributed by atoms with Crippen molar-refractivity contribution < 1.29 is 24.2 Å². The molecule has 9 nitrogen and oxygen atoms in total. The second kappa shape index (κ2) is 10.1. The fourth-order valence-corrected chi connectivity index (χ4v) is 4.15. The number of hydrogen-bond acceptors (Lipinski definition) is 5. The van der Waals surface area contributed by atoms with Crippen LogP contribution in [0.5, 0.6) is 0 Å². The maximum absolute atomic E-state index is 12.8. The lowest BCUT2D eigenvalue weighted by Gasteiger charge is -2.18. The number of carbonyl (C=O) groups is 3. The quantitative estimate of drug-likeness (QED) is 0.453. The van der Waals surface area contributed by atoms with Crippen molar-refractivity contribution >= 4 is 23.7 Å². The predicted molar refractivity (Wildman–Crippen MR) is 129 cm³/mol. The van der Waals surface area contributed by atoms with Gasteiger partial charge in [0.25, 0.3) is 0 Å². The zero-order valence-electron chi connectivity index (χ0n) is 19.2. The first-order chi connectivity index (χ1) is 16.9. The van der Waals surface area contributed by atoms with Crippen molar-refractivity contribution in [3.8, 4) is 23.0 Å². The second-order valence-corrected chi connectivity index (χ2v) is 8.01. The Bertz CT molecular complexity index is 1310. The zero-order chi connectivity index (χ0) is 24.9. The number of alkyl carbamates (subject to hydrolysis) is 1. The average Bonchev–Trinajstić information content (AvgIpc) is 3.37. The molecule has 2 amide bonds. The molecule has 0 bridgehead atoms. The molecule has 1 atom stereocenters. The van der Waals surface area contributed by atoms with E-state index < -0.39 is 24.0 Å². The van der Waals surface area contributed by atoms with E-state index in [1.165, 1.54) is 17.9 Å². The summed E-state index contributed by atoms with van der Waals surface area (Å²) in [7, 11) is 1.54. The lowest BCUT2D eigenvalue weighted by molar-refractivity contribution is -0.118. The standard InChI is InChI=1S/C26H24N4O5/c1-3-4-13-21(24(31)27-22-14-30(2)29-23(22)25(32)33)28-26(34)35-15-20-18-11-7-5-9-16(18)17-10-6-8-12-19(17)20/h5-12,14,20-21H,13,15H2,1-2H3,(H,27,31)(H,28,34)(H,32,33). The number of carbonyl (C=O) groups excluding carboxylic acids is 2. The molecular weight excluding hydrogens is 448 g/mol. The lowest BCUT2D eigenvalue weighted by atomic mass is 9.98. The van der Waals surface area contributed by atoms with Gasteiger partial charge in [0.2, 0.25) is 5.91 Å². The van der Waals surface area contributed by atoms with E-state index in [4.69, 9.17) is 4.74 Å². The monoisotopic (exact) mass is 472 g/mol. The Morgan fingerprint density at radius 1 is 1.11 bits per heavy atom. The number of carboxylic acids is 1. The van der Waals surface area contributed by atoms with Gasteiger partial charge in [0.1, 0.15) is 12.6 Å². The van der Waals surface area contributed by atoms with Crippen molar-refractivity contribution in [3.63, 3.8) is 0 Å². The van der Waals surface area contributed by atoms with Gasteiger partial charge in [0.05, 0.1) is 5.69 Å². The van der Waals surface area contributed by atoms with Gasteiger partial charge in [-0.1, -0.05) is 48.5 Å². The molecule has 0 saturated carbocycles. The topological polar surface area (TPSA) is 123 Å². The third-order valence-electron chi connectivity index (χ3n) is 5.72. The maximum atomic E-state index is 12.8. The molecule has 1 unspecified atom stereocenters. The number of aryl methyl sites for hydroxylation is 1. The van der Waals surface area contributed by atoms with E-state index >= 15 is 0 Å². The van der Waals surface area contributed by atoms with E-state index in [9.17, 15) is 19.5 Å². The van der Waals surface area contributed by atoms with Crippen LogP contribution in [0.2, 0.25) is 0 Å². The van der Waals surface area contributed by atoms with Crippen molar-refractivity contribution in [2.75, 3.05) is 11.9 Å². The highest BCUT2D eigenvalue weighted by Crippen LogP contribution is 2.44. The summed E-state index contributed by atoms with van der Waals surface area (Å²) in [5.41, 5.74) is 4.09. The number of aromatic nitrogens is 2. The molecule has 35 heavy (non-hydrogen) atoms. The van der Waals surface area contributed by atoms with E-state index in [0.29, 0.717) is 0 Å². The van der Waals surface area contributed by atoms with Gasteiger partial charge in [-0.15, -0.1) is 11.8 Å². The Morgan fingerprint density at radius 3 is 2.34 bits per heavy atom. The third-order valence-corrected chi connectivity index (χ3v) is 5.72. The summed E-state index contributed by atoms with van der Waals surface area (Å²) in [6.07, 6.45) is 0.626. The minimum atomic E-state index is -1.28. The first-order valence-electron chi connectivity index (χ1n) is 11.0. The Kier molecular flexibility index (Phi) is 6.83. The molecule has 2 aromatic carbocycles. The number of hydrogen-bond donors (Lipinski definition) is 3. The van der Waals surface area contributed by atoms with Gasteiger partial charge in [0, 0.05) is 25.6 Å². The van der Waals surface area contributed by atoms with Gasteiger partial charge in [-0.05, 0) is 29.2 Å². The van der Waals surface area contributed by atoms with Crippen molar-refractivity contribution in [1.29, 1.82) is 0 Å². The summed E-state index contributed by atoms with van der Waals surface area (Å²) in [5.74, 6) is 3.43. The van der Waals surface area contributed by atoms with Crippen LogP contribution in [0.15, 0.2) is 54.7 Å². The molecule has 3 aromatic rings. The SMILES string of the molecule is CC#CCC(NC(=O)OCC1c2ccccc2-c2ccccc21)C(=O)Nc1cn(C)nc1C(=O)O. The van der Waals surface area contributed by atoms with Crippen LogP contribution in [0.3, 0.4) is 0 Å².